The van der Waals surface area contributed by atoms with Gasteiger partial charge in [-0.2, -0.15) is 0 Å². The van der Waals surface area contributed by atoms with Crippen molar-refractivity contribution in [3.63, 3.8) is 0 Å². The van der Waals surface area contributed by atoms with E-state index < -0.39 is 0 Å². The van der Waals surface area contributed by atoms with Gasteiger partial charge in [-0.1, -0.05) is 13.0 Å². The van der Waals surface area contributed by atoms with Crippen LogP contribution in [0.3, 0.4) is 0 Å². The molecule has 22 heavy (non-hydrogen) atoms. The van der Waals surface area contributed by atoms with Crippen LogP contribution in [0.15, 0.2) is 24.3 Å². The van der Waals surface area contributed by atoms with E-state index >= 15 is 0 Å². The van der Waals surface area contributed by atoms with Crippen molar-refractivity contribution in [2.45, 2.75) is 39.3 Å². The second kappa shape index (κ2) is 7.14. The maximum Gasteiger partial charge on any atom is 0.254 e. The van der Waals surface area contributed by atoms with Crippen LogP contribution in [0.1, 0.15) is 37.6 Å². The molecule has 1 aromatic rings. The van der Waals surface area contributed by atoms with Gasteiger partial charge in [0.1, 0.15) is 0 Å². The molecule has 1 saturated heterocycles. The number of amides is 1. The zero-order chi connectivity index (χ0) is 16.3. The molecular weight excluding hydrogens is 274 g/mol. The third-order valence-electron chi connectivity index (χ3n) is 4.56. The van der Waals surface area contributed by atoms with Crippen LogP contribution in [0.5, 0.6) is 0 Å². The van der Waals surface area contributed by atoms with Crippen LogP contribution in [0.25, 0.3) is 0 Å². The molecular formula is C18H29N3O. The Kier molecular flexibility index (Phi) is 5.46. The minimum Gasteiger partial charge on any atom is -0.378 e. The average Bonchev–Trinajstić information content (AvgIpc) is 2.53. The largest absolute Gasteiger partial charge is 0.378 e. The van der Waals surface area contributed by atoms with Crippen molar-refractivity contribution in [2.75, 3.05) is 38.6 Å². The van der Waals surface area contributed by atoms with E-state index in [0.717, 1.165) is 37.3 Å². The first-order valence-corrected chi connectivity index (χ1v) is 8.26. The van der Waals surface area contributed by atoms with Gasteiger partial charge < -0.3 is 9.80 Å². The van der Waals surface area contributed by atoms with Crippen LogP contribution in [0.4, 0.5) is 5.69 Å². The summed E-state index contributed by atoms with van der Waals surface area (Å²) in [5, 5.41) is 0. The van der Waals surface area contributed by atoms with Gasteiger partial charge in [-0.05, 0) is 38.5 Å². The van der Waals surface area contributed by atoms with Gasteiger partial charge in [0.2, 0.25) is 0 Å². The number of piperazine rings is 1. The Morgan fingerprint density at radius 2 is 2.05 bits per heavy atom. The second-order valence-corrected chi connectivity index (χ2v) is 6.59. The van der Waals surface area contributed by atoms with E-state index in [2.05, 4.69) is 25.7 Å². The zero-order valence-electron chi connectivity index (χ0n) is 14.5. The summed E-state index contributed by atoms with van der Waals surface area (Å²) in [7, 11) is 4.00. The molecule has 0 bridgehead atoms. The summed E-state index contributed by atoms with van der Waals surface area (Å²) >= 11 is 0. The normalized spacial score (nSPS) is 19.5. The predicted molar refractivity (Wildman–Crippen MR) is 92.6 cm³/mol. The van der Waals surface area contributed by atoms with Gasteiger partial charge in [-0.15, -0.1) is 0 Å². The Bertz CT molecular complexity index is 513. The van der Waals surface area contributed by atoms with E-state index in [9.17, 15) is 4.79 Å². The number of rotatable bonds is 4. The summed E-state index contributed by atoms with van der Waals surface area (Å²) in [6.45, 7) is 9.30. The fourth-order valence-corrected chi connectivity index (χ4v) is 3.20. The Morgan fingerprint density at radius 3 is 2.64 bits per heavy atom. The molecule has 1 heterocycles. The summed E-state index contributed by atoms with van der Waals surface area (Å²) in [5.74, 6) is 0.158. The van der Waals surface area contributed by atoms with Crippen LogP contribution < -0.4 is 4.90 Å². The summed E-state index contributed by atoms with van der Waals surface area (Å²) < 4.78 is 0. The molecule has 1 aliphatic rings. The van der Waals surface area contributed by atoms with Crippen LogP contribution >= 0.6 is 0 Å². The average molecular weight is 303 g/mol. The Balaban J connectivity index is 2.12. The molecule has 2 rings (SSSR count). The minimum absolute atomic E-state index is 0.158. The molecule has 4 heteroatoms. The smallest absolute Gasteiger partial charge is 0.254 e. The van der Waals surface area contributed by atoms with Crippen molar-refractivity contribution in [1.82, 2.24) is 9.80 Å². The van der Waals surface area contributed by atoms with Gasteiger partial charge >= 0.3 is 0 Å². The lowest BCUT2D eigenvalue weighted by molar-refractivity contribution is 0.0371. The van der Waals surface area contributed by atoms with Crippen molar-refractivity contribution in [1.29, 1.82) is 0 Å². The maximum atomic E-state index is 12.8. The van der Waals surface area contributed by atoms with Gasteiger partial charge in [-0.25, -0.2) is 0 Å². The molecule has 4 nitrogen and oxygen atoms in total. The van der Waals surface area contributed by atoms with Crippen molar-refractivity contribution in [3.05, 3.63) is 29.8 Å². The number of carbonyl (C=O) groups is 1. The molecule has 0 radical (unpaired) electrons. The van der Waals surface area contributed by atoms with E-state index in [0.29, 0.717) is 12.1 Å². The first-order chi connectivity index (χ1) is 10.4. The number of anilines is 1. The molecule has 1 aromatic carbocycles. The van der Waals surface area contributed by atoms with E-state index in [1.807, 2.05) is 48.2 Å². The molecule has 0 aliphatic carbocycles. The second-order valence-electron chi connectivity index (χ2n) is 6.59. The maximum absolute atomic E-state index is 12.8. The molecule has 1 unspecified atom stereocenters. The highest BCUT2D eigenvalue weighted by atomic mass is 16.2. The first kappa shape index (κ1) is 16.8. The standard InChI is InChI=1S/C18H29N3O/c1-6-16-13-20(10-11-21(16)14(2)3)18(22)15-8-7-9-17(12-15)19(4)5/h7-9,12,14,16H,6,10-11,13H2,1-5H3. The van der Waals surface area contributed by atoms with Crippen molar-refractivity contribution in [2.24, 2.45) is 0 Å². The first-order valence-electron chi connectivity index (χ1n) is 8.26. The lowest BCUT2D eigenvalue weighted by atomic mass is 10.1. The van der Waals surface area contributed by atoms with Gasteiger partial charge in [-0.3, -0.25) is 9.69 Å². The molecule has 1 atom stereocenters. The van der Waals surface area contributed by atoms with E-state index in [1.54, 1.807) is 0 Å². The van der Waals surface area contributed by atoms with E-state index in [-0.39, 0.29) is 5.91 Å². The van der Waals surface area contributed by atoms with Crippen LogP contribution in [0.2, 0.25) is 0 Å². The quantitative estimate of drug-likeness (QED) is 0.855. The molecule has 1 amide bonds. The fraction of sp³-hybridized carbons (Fsp3) is 0.611. The fourth-order valence-electron chi connectivity index (χ4n) is 3.20. The van der Waals surface area contributed by atoms with Gasteiger partial charge in [0.25, 0.3) is 5.91 Å². The van der Waals surface area contributed by atoms with E-state index in [4.69, 9.17) is 0 Å². The molecule has 0 N–H and O–H groups in total. The Hall–Kier alpha value is -1.55. The molecule has 0 spiro atoms. The summed E-state index contributed by atoms with van der Waals surface area (Å²) in [6.07, 6.45) is 1.08. The number of nitrogens with zero attached hydrogens (tertiary/aromatic N) is 3. The van der Waals surface area contributed by atoms with Crippen molar-refractivity contribution >= 4 is 11.6 Å². The summed E-state index contributed by atoms with van der Waals surface area (Å²) in [6, 6.07) is 8.91. The van der Waals surface area contributed by atoms with Crippen molar-refractivity contribution in [3.8, 4) is 0 Å². The number of benzene rings is 1. The molecule has 122 valence electrons. The number of hydrogen-bond donors (Lipinski definition) is 0. The molecule has 0 saturated carbocycles. The van der Waals surface area contributed by atoms with Gasteiger partial charge in [0.05, 0.1) is 0 Å². The van der Waals surface area contributed by atoms with Crippen molar-refractivity contribution < 1.29 is 4.79 Å². The summed E-state index contributed by atoms with van der Waals surface area (Å²) in [5.41, 5.74) is 1.86. The lowest BCUT2D eigenvalue weighted by Gasteiger charge is -2.43. The molecule has 1 aliphatic heterocycles. The highest BCUT2D eigenvalue weighted by Crippen LogP contribution is 2.20. The Morgan fingerprint density at radius 1 is 1.32 bits per heavy atom. The van der Waals surface area contributed by atoms with Crippen LogP contribution in [-0.2, 0) is 0 Å². The third kappa shape index (κ3) is 3.61. The van der Waals surface area contributed by atoms with Crippen LogP contribution in [-0.4, -0.2) is 61.5 Å². The van der Waals surface area contributed by atoms with E-state index in [1.165, 1.54) is 0 Å². The minimum atomic E-state index is 0.158. The SMILES string of the molecule is CCC1CN(C(=O)c2cccc(N(C)C)c2)CCN1C(C)C. The molecule has 0 aromatic heterocycles. The molecule has 1 fully saturated rings. The monoisotopic (exact) mass is 303 g/mol. The topological polar surface area (TPSA) is 26.8 Å². The summed E-state index contributed by atoms with van der Waals surface area (Å²) in [4.78, 5) is 19.4. The highest BCUT2D eigenvalue weighted by Gasteiger charge is 2.30. The predicted octanol–water partition coefficient (Wildman–Crippen LogP) is 2.70. The van der Waals surface area contributed by atoms with Gasteiger partial charge in [0.15, 0.2) is 0 Å². The lowest BCUT2D eigenvalue weighted by Crippen LogP contribution is -2.56. The zero-order valence-corrected chi connectivity index (χ0v) is 14.5. The third-order valence-corrected chi connectivity index (χ3v) is 4.56. The number of hydrogen-bond acceptors (Lipinski definition) is 3. The van der Waals surface area contributed by atoms with Gasteiger partial charge in [0, 0.05) is 57.1 Å². The highest BCUT2D eigenvalue weighted by molar-refractivity contribution is 5.95. The van der Waals surface area contributed by atoms with Crippen LogP contribution in [0, 0.1) is 0 Å². The number of carbonyl (C=O) groups excluding carboxylic acids is 1. The Labute approximate surface area is 134 Å².